The summed E-state index contributed by atoms with van der Waals surface area (Å²) in [4.78, 5) is 10.7. The maximum atomic E-state index is 11.2. The predicted molar refractivity (Wildman–Crippen MR) is 81.1 cm³/mol. The van der Waals surface area contributed by atoms with Gasteiger partial charge in [-0.3, -0.25) is 14.8 Å². The Kier molecular flexibility index (Phi) is 5.02. The Labute approximate surface area is 132 Å². The van der Waals surface area contributed by atoms with Crippen molar-refractivity contribution >= 4 is 5.69 Å². The van der Waals surface area contributed by atoms with Gasteiger partial charge in [-0.15, -0.1) is 0 Å². The summed E-state index contributed by atoms with van der Waals surface area (Å²) in [5.41, 5.74) is 0.549. The average molecular weight is 323 g/mol. The van der Waals surface area contributed by atoms with Crippen molar-refractivity contribution in [3.05, 3.63) is 28.4 Å². The molecule has 1 aromatic heterocycles. The molecule has 124 valence electrons. The van der Waals surface area contributed by atoms with Gasteiger partial charge in [-0.05, 0) is 12.1 Å². The molecule has 0 atom stereocenters. The highest BCUT2D eigenvalue weighted by molar-refractivity contribution is 5.74. The van der Waals surface area contributed by atoms with E-state index in [-0.39, 0.29) is 24.5 Å². The van der Waals surface area contributed by atoms with Crippen LogP contribution >= 0.6 is 0 Å². The van der Waals surface area contributed by atoms with Crippen LogP contribution in [0.3, 0.4) is 0 Å². The van der Waals surface area contributed by atoms with Crippen LogP contribution in [0.25, 0.3) is 11.3 Å². The number of aliphatic hydroxyl groups excluding tert-OH is 1. The van der Waals surface area contributed by atoms with Gasteiger partial charge in [0.15, 0.2) is 11.5 Å². The fourth-order valence-electron chi connectivity index (χ4n) is 2.29. The monoisotopic (exact) mass is 323 g/mol. The topological polar surface area (TPSA) is 109 Å². The maximum Gasteiger partial charge on any atom is 0.314 e. The fourth-order valence-corrected chi connectivity index (χ4v) is 2.29. The minimum atomic E-state index is -0.528. The quantitative estimate of drug-likeness (QED) is 0.607. The number of methoxy groups -OCH3 is 3. The molecular weight excluding hydrogens is 306 g/mol. The third-order valence-corrected chi connectivity index (χ3v) is 3.27. The zero-order valence-electron chi connectivity index (χ0n) is 13.0. The number of aliphatic hydroxyl groups is 1. The molecule has 0 amide bonds. The van der Waals surface area contributed by atoms with Gasteiger partial charge < -0.3 is 19.3 Å². The van der Waals surface area contributed by atoms with Crippen molar-refractivity contribution in [2.24, 2.45) is 0 Å². The molecule has 0 aliphatic heterocycles. The summed E-state index contributed by atoms with van der Waals surface area (Å²) in [6.07, 6.45) is 1.15. The van der Waals surface area contributed by atoms with Crippen LogP contribution in [-0.2, 0) is 6.54 Å². The molecule has 0 radical (unpaired) electrons. The molecule has 2 rings (SSSR count). The summed E-state index contributed by atoms with van der Waals surface area (Å²) < 4.78 is 17.1. The van der Waals surface area contributed by atoms with Gasteiger partial charge in [0.25, 0.3) is 0 Å². The van der Waals surface area contributed by atoms with Crippen LogP contribution in [0.1, 0.15) is 0 Å². The molecule has 1 aromatic carbocycles. The second kappa shape index (κ2) is 6.97. The third kappa shape index (κ3) is 3.04. The Morgan fingerprint density at radius 3 is 2.26 bits per heavy atom. The summed E-state index contributed by atoms with van der Waals surface area (Å²) >= 11 is 0. The number of nitro groups is 1. The van der Waals surface area contributed by atoms with Crippen molar-refractivity contribution in [3.63, 3.8) is 0 Å². The van der Waals surface area contributed by atoms with Crippen molar-refractivity contribution in [2.45, 2.75) is 6.54 Å². The van der Waals surface area contributed by atoms with Crippen molar-refractivity contribution in [3.8, 4) is 28.5 Å². The molecule has 9 nitrogen and oxygen atoms in total. The minimum absolute atomic E-state index is 0.125. The summed E-state index contributed by atoms with van der Waals surface area (Å²) in [5, 5.41) is 24.3. The predicted octanol–water partition coefficient (Wildman–Crippen LogP) is 1.48. The van der Waals surface area contributed by atoms with Crippen LogP contribution in [0.5, 0.6) is 17.2 Å². The molecule has 0 spiro atoms. The summed E-state index contributed by atoms with van der Waals surface area (Å²) in [5.74, 6) is 1.12. The molecule has 0 fully saturated rings. The van der Waals surface area contributed by atoms with Crippen molar-refractivity contribution < 1.29 is 24.2 Å². The largest absolute Gasteiger partial charge is 0.493 e. The number of benzene rings is 1. The van der Waals surface area contributed by atoms with E-state index in [4.69, 9.17) is 19.3 Å². The van der Waals surface area contributed by atoms with E-state index in [0.29, 0.717) is 22.8 Å². The number of ether oxygens (including phenoxy) is 3. The van der Waals surface area contributed by atoms with E-state index in [2.05, 4.69) is 5.10 Å². The second-order valence-electron chi connectivity index (χ2n) is 4.50. The zero-order chi connectivity index (χ0) is 17.0. The van der Waals surface area contributed by atoms with Gasteiger partial charge in [0, 0.05) is 5.56 Å². The lowest BCUT2D eigenvalue weighted by molar-refractivity contribution is -0.384. The van der Waals surface area contributed by atoms with Crippen molar-refractivity contribution in [1.82, 2.24) is 9.78 Å². The van der Waals surface area contributed by atoms with E-state index in [1.165, 1.54) is 26.0 Å². The van der Waals surface area contributed by atoms with E-state index >= 15 is 0 Å². The van der Waals surface area contributed by atoms with Crippen molar-refractivity contribution in [2.75, 3.05) is 27.9 Å². The Bertz CT molecular complexity index is 688. The lowest BCUT2D eigenvalue weighted by Gasteiger charge is -2.14. The number of nitrogens with zero attached hydrogens (tertiary/aromatic N) is 3. The highest BCUT2D eigenvalue weighted by atomic mass is 16.6. The van der Waals surface area contributed by atoms with Crippen LogP contribution in [-0.4, -0.2) is 47.7 Å². The standard InChI is InChI=1S/C14H17N3O6/c1-21-11-6-9(7-12(22-2)14(11)23-3)13-10(17(19)20)8-15-16(13)4-5-18/h6-8,18H,4-5H2,1-3H3. The van der Waals surface area contributed by atoms with Gasteiger partial charge in [-0.2, -0.15) is 5.10 Å². The Morgan fingerprint density at radius 2 is 1.83 bits per heavy atom. The summed E-state index contributed by atoms with van der Waals surface area (Å²) in [6.45, 7) is -0.0733. The van der Waals surface area contributed by atoms with E-state index in [1.54, 1.807) is 12.1 Å². The van der Waals surface area contributed by atoms with Crippen molar-refractivity contribution in [1.29, 1.82) is 0 Å². The molecule has 2 aromatic rings. The number of rotatable bonds is 7. The highest BCUT2D eigenvalue weighted by Crippen LogP contribution is 2.42. The smallest absolute Gasteiger partial charge is 0.314 e. The highest BCUT2D eigenvalue weighted by Gasteiger charge is 2.25. The normalized spacial score (nSPS) is 10.4. The first-order chi connectivity index (χ1) is 11.1. The van der Waals surface area contributed by atoms with Gasteiger partial charge in [0.2, 0.25) is 5.75 Å². The number of hydrogen-bond acceptors (Lipinski definition) is 7. The molecule has 0 saturated carbocycles. The van der Waals surface area contributed by atoms with E-state index < -0.39 is 4.92 Å². The third-order valence-electron chi connectivity index (χ3n) is 3.27. The van der Waals surface area contributed by atoms with Crippen LogP contribution in [0, 0.1) is 10.1 Å². The average Bonchev–Trinajstić information content (AvgIpc) is 2.97. The molecule has 1 N–H and O–H groups in total. The van der Waals surface area contributed by atoms with Crippen LogP contribution < -0.4 is 14.2 Å². The molecule has 23 heavy (non-hydrogen) atoms. The lowest BCUT2D eigenvalue weighted by atomic mass is 10.1. The molecule has 0 aliphatic rings. The molecule has 0 bridgehead atoms. The van der Waals surface area contributed by atoms with Crippen LogP contribution in [0.4, 0.5) is 5.69 Å². The zero-order valence-corrected chi connectivity index (χ0v) is 13.0. The lowest BCUT2D eigenvalue weighted by Crippen LogP contribution is -2.06. The fraction of sp³-hybridized carbons (Fsp3) is 0.357. The Balaban J connectivity index is 2.70. The van der Waals surface area contributed by atoms with Gasteiger partial charge in [-0.1, -0.05) is 0 Å². The van der Waals surface area contributed by atoms with E-state index in [9.17, 15) is 10.1 Å². The van der Waals surface area contributed by atoms with E-state index in [1.807, 2.05) is 0 Å². The van der Waals surface area contributed by atoms with E-state index in [0.717, 1.165) is 6.20 Å². The molecule has 1 heterocycles. The molecular formula is C14H17N3O6. The number of aromatic nitrogens is 2. The van der Waals surface area contributed by atoms with Gasteiger partial charge in [0.05, 0.1) is 39.4 Å². The first-order valence-corrected chi connectivity index (χ1v) is 6.68. The second-order valence-corrected chi connectivity index (χ2v) is 4.50. The Morgan fingerprint density at radius 1 is 1.22 bits per heavy atom. The SMILES string of the molecule is COc1cc(-c2c([N+](=O)[O-])cnn2CCO)cc(OC)c1OC. The maximum absolute atomic E-state index is 11.2. The summed E-state index contributed by atoms with van der Waals surface area (Å²) in [6, 6.07) is 3.19. The minimum Gasteiger partial charge on any atom is -0.493 e. The molecule has 0 saturated heterocycles. The summed E-state index contributed by atoms with van der Waals surface area (Å²) in [7, 11) is 4.39. The van der Waals surface area contributed by atoms with Crippen LogP contribution in [0.15, 0.2) is 18.3 Å². The van der Waals surface area contributed by atoms with Crippen LogP contribution in [0.2, 0.25) is 0 Å². The van der Waals surface area contributed by atoms with Gasteiger partial charge in [-0.25, -0.2) is 0 Å². The first-order valence-electron chi connectivity index (χ1n) is 6.68. The van der Waals surface area contributed by atoms with Gasteiger partial charge in [0.1, 0.15) is 11.9 Å². The Hall–Kier alpha value is -2.81. The number of hydrogen-bond donors (Lipinski definition) is 1. The first kappa shape index (κ1) is 16.6. The van der Waals surface area contributed by atoms with Gasteiger partial charge >= 0.3 is 5.69 Å². The molecule has 9 heteroatoms. The molecule has 0 unspecified atom stereocenters. The molecule has 0 aliphatic carbocycles.